The Kier molecular flexibility index (Phi) is 3.82. The summed E-state index contributed by atoms with van der Waals surface area (Å²) in [6.45, 7) is 2.00. The maximum Gasteiger partial charge on any atom is 0.317 e. The van der Waals surface area contributed by atoms with Crippen molar-refractivity contribution in [2.75, 3.05) is 32.8 Å². The van der Waals surface area contributed by atoms with Crippen LogP contribution in [0.15, 0.2) is 11.4 Å². The molecule has 2 fully saturated rings. The molecule has 0 aliphatic carbocycles. The summed E-state index contributed by atoms with van der Waals surface area (Å²) in [6, 6.07) is 1.80. The first-order valence-electron chi connectivity index (χ1n) is 6.71. The molecule has 2 aliphatic rings. The van der Waals surface area contributed by atoms with E-state index in [0.29, 0.717) is 36.6 Å². The lowest BCUT2D eigenvalue weighted by molar-refractivity contribution is 0.0621. The van der Waals surface area contributed by atoms with E-state index in [1.54, 1.807) is 15.9 Å². The minimum atomic E-state index is -0.224. The topological polar surface area (TPSA) is 72.9 Å². The lowest BCUT2D eigenvalue weighted by atomic mass is 10.1. The zero-order chi connectivity index (χ0) is 14.8. The molecule has 110 valence electrons. The summed E-state index contributed by atoms with van der Waals surface area (Å²) in [5.41, 5.74) is 0.655. The Hall–Kier alpha value is -2.04. The number of fused-ring (bicyclic) bond motifs is 1. The second-order valence-corrected chi connectivity index (χ2v) is 5.82. The molecule has 1 aromatic rings. The first kappa shape index (κ1) is 13.9. The van der Waals surface area contributed by atoms with E-state index in [0.717, 1.165) is 0 Å². The molecule has 6 nitrogen and oxygen atoms in total. The van der Waals surface area contributed by atoms with Gasteiger partial charge in [-0.05, 0) is 11.4 Å². The van der Waals surface area contributed by atoms with Crippen LogP contribution in [0.4, 0.5) is 4.79 Å². The summed E-state index contributed by atoms with van der Waals surface area (Å²) in [5, 5.41) is 13.4. The summed E-state index contributed by atoms with van der Waals surface area (Å²) < 4.78 is 0. The highest BCUT2D eigenvalue weighted by Gasteiger charge is 2.37. The van der Waals surface area contributed by atoms with Crippen LogP contribution in [0.3, 0.4) is 0 Å². The van der Waals surface area contributed by atoms with E-state index < -0.39 is 0 Å². The number of rotatable bonds is 1. The molecule has 0 bridgehead atoms. The predicted molar refractivity (Wildman–Crippen MR) is 78.1 cm³/mol. The van der Waals surface area contributed by atoms with Gasteiger partial charge in [-0.15, -0.1) is 11.3 Å². The number of aliphatic hydroxyl groups is 1. The zero-order valence-corrected chi connectivity index (χ0v) is 12.2. The number of thiophene rings is 1. The Morgan fingerprint density at radius 3 is 3.19 bits per heavy atom. The molecular formula is C14H15N3O3S. The van der Waals surface area contributed by atoms with Crippen LogP contribution < -0.4 is 5.32 Å². The van der Waals surface area contributed by atoms with E-state index in [4.69, 9.17) is 5.11 Å². The number of carbonyl (C=O) groups is 2. The third kappa shape index (κ3) is 2.60. The van der Waals surface area contributed by atoms with Gasteiger partial charge >= 0.3 is 6.03 Å². The number of amides is 3. The first-order valence-corrected chi connectivity index (χ1v) is 7.59. The fraction of sp³-hybridized carbons (Fsp3) is 0.429. The van der Waals surface area contributed by atoms with Crippen LogP contribution >= 0.6 is 11.3 Å². The summed E-state index contributed by atoms with van der Waals surface area (Å²) in [4.78, 5) is 28.3. The molecule has 0 spiro atoms. The van der Waals surface area contributed by atoms with Crippen LogP contribution in [-0.4, -0.2) is 65.7 Å². The summed E-state index contributed by atoms with van der Waals surface area (Å²) in [7, 11) is 0. The summed E-state index contributed by atoms with van der Waals surface area (Å²) >= 11 is 1.36. The fourth-order valence-electron chi connectivity index (χ4n) is 2.64. The molecule has 0 saturated carbocycles. The van der Waals surface area contributed by atoms with Crippen LogP contribution in [0.2, 0.25) is 0 Å². The third-order valence-electron chi connectivity index (χ3n) is 3.68. The van der Waals surface area contributed by atoms with Gasteiger partial charge in [0.15, 0.2) is 0 Å². The van der Waals surface area contributed by atoms with Gasteiger partial charge in [-0.2, -0.15) is 0 Å². The van der Waals surface area contributed by atoms with Crippen molar-refractivity contribution in [3.05, 3.63) is 21.9 Å². The van der Waals surface area contributed by atoms with Crippen molar-refractivity contribution in [2.45, 2.75) is 6.04 Å². The van der Waals surface area contributed by atoms with Crippen LogP contribution in [0.1, 0.15) is 15.2 Å². The molecule has 3 heterocycles. The first-order chi connectivity index (χ1) is 10.2. The Morgan fingerprint density at radius 1 is 1.52 bits per heavy atom. The van der Waals surface area contributed by atoms with Crippen molar-refractivity contribution in [2.24, 2.45) is 0 Å². The maximum absolute atomic E-state index is 12.6. The molecule has 2 N–H and O–H groups in total. The average molecular weight is 305 g/mol. The van der Waals surface area contributed by atoms with Crippen LogP contribution in [0.25, 0.3) is 0 Å². The maximum atomic E-state index is 12.6. The van der Waals surface area contributed by atoms with Crippen molar-refractivity contribution in [3.8, 4) is 11.8 Å². The van der Waals surface area contributed by atoms with E-state index in [1.807, 2.05) is 5.38 Å². The lowest BCUT2D eigenvalue weighted by Crippen LogP contribution is -2.53. The van der Waals surface area contributed by atoms with Gasteiger partial charge in [0, 0.05) is 31.7 Å². The minimum absolute atomic E-state index is 0.0438. The van der Waals surface area contributed by atoms with Crippen molar-refractivity contribution in [1.29, 1.82) is 0 Å². The molecule has 1 aromatic heterocycles. The number of piperazine rings is 1. The normalized spacial score (nSPS) is 20.6. The molecular weight excluding hydrogens is 290 g/mol. The highest BCUT2D eigenvalue weighted by Crippen LogP contribution is 2.21. The largest absolute Gasteiger partial charge is 0.384 e. The molecule has 2 aliphatic heterocycles. The van der Waals surface area contributed by atoms with Crippen molar-refractivity contribution >= 4 is 23.3 Å². The van der Waals surface area contributed by atoms with Gasteiger partial charge in [0.25, 0.3) is 5.91 Å². The third-order valence-corrected chi connectivity index (χ3v) is 4.58. The average Bonchev–Trinajstić information content (AvgIpc) is 3.11. The van der Waals surface area contributed by atoms with E-state index in [9.17, 15) is 9.59 Å². The predicted octanol–water partition coefficient (Wildman–Crippen LogP) is -0.0585. The SMILES string of the molecule is O=C(c1sccc1C#CCO)N1CCN2C(=O)NCC2C1. The molecule has 21 heavy (non-hydrogen) atoms. The Bertz CT molecular complexity index is 631. The lowest BCUT2D eigenvalue weighted by Gasteiger charge is -2.36. The van der Waals surface area contributed by atoms with Gasteiger partial charge in [0.2, 0.25) is 0 Å². The molecule has 3 amide bonds. The quantitative estimate of drug-likeness (QED) is 0.714. The molecule has 1 atom stereocenters. The number of nitrogens with one attached hydrogen (secondary N) is 1. The number of aliphatic hydroxyl groups excluding tert-OH is 1. The second-order valence-electron chi connectivity index (χ2n) is 4.91. The number of hydrogen-bond donors (Lipinski definition) is 2. The van der Waals surface area contributed by atoms with Crippen molar-refractivity contribution < 1.29 is 14.7 Å². The number of urea groups is 1. The second kappa shape index (κ2) is 5.76. The van der Waals surface area contributed by atoms with E-state index in [-0.39, 0.29) is 24.6 Å². The van der Waals surface area contributed by atoms with Crippen molar-refractivity contribution in [1.82, 2.24) is 15.1 Å². The van der Waals surface area contributed by atoms with Gasteiger partial charge < -0.3 is 20.2 Å². The summed E-state index contributed by atoms with van der Waals surface area (Å²) in [6.07, 6.45) is 0. The van der Waals surface area contributed by atoms with Crippen LogP contribution in [0, 0.1) is 11.8 Å². The zero-order valence-electron chi connectivity index (χ0n) is 11.3. The monoisotopic (exact) mass is 305 g/mol. The Morgan fingerprint density at radius 2 is 2.38 bits per heavy atom. The number of nitrogens with zero attached hydrogens (tertiary/aromatic N) is 2. The molecule has 1 unspecified atom stereocenters. The van der Waals surface area contributed by atoms with Gasteiger partial charge in [-0.25, -0.2) is 4.79 Å². The molecule has 0 aromatic carbocycles. The van der Waals surface area contributed by atoms with Crippen molar-refractivity contribution in [3.63, 3.8) is 0 Å². The van der Waals surface area contributed by atoms with Gasteiger partial charge in [0.1, 0.15) is 11.5 Å². The standard InChI is InChI=1S/C14H15N3O3S/c18-6-1-2-10-3-7-21-12(10)13(19)16-4-5-17-11(9-16)8-15-14(17)20/h3,7,11,18H,4-6,8-9H2,(H,15,20). The van der Waals surface area contributed by atoms with Gasteiger partial charge in [-0.1, -0.05) is 11.8 Å². The Balaban J connectivity index is 1.74. The molecule has 7 heteroatoms. The highest BCUT2D eigenvalue weighted by atomic mass is 32.1. The van der Waals surface area contributed by atoms with Gasteiger partial charge in [-0.3, -0.25) is 4.79 Å². The minimum Gasteiger partial charge on any atom is -0.384 e. The summed E-state index contributed by atoms with van der Waals surface area (Å²) in [5.74, 6) is 5.32. The Labute approximate surface area is 126 Å². The van der Waals surface area contributed by atoms with E-state index in [2.05, 4.69) is 17.2 Å². The number of hydrogen-bond acceptors (Lipinski definition) is 4. The van der Waals surface area contributed by atoms with Gasteiger partial charge in [0.05, 0.1) is 6.04 Å². The number of carbonyl (C=O) groups excluding carboxylic acids is 2. The molecule has 0 radical (unpaired) electrons. The van der Waals surface area contributed by atoms with E-state index >= 15 is 0 Å². The van der Waals surface area contributed by atoms with E-state index in [1.165, 1.54) is 11.3 Å². The van der Waals surface area contributed by atoms with Crippen LogP contribution in [-0.2, 0) is 0 Å². The molecule has 2 saturated heterocycles. The highest BCUT2D eigenvalue weighted by molar-refractivity contribution is 7.12. The fourth-order valence-corrected chi connectivity index (χ4v) is 3.46. The smallest absolute Gasteiger partial charge is 0.317 e. The molecule has 3 rings (SSSR count). The van der Waals surface area contributed by atoms with Crippen LogP contribution in [0.5, 0.6) is 0 Å².